The fourth-order valence-electron chi connectivity index (χ4n) is 2.10. The molecule has 3 aromatic rings. The number of H-pyrrole nitrogens is 1. The van der Waals surface area contributed by atoms with Gasteiger partial charge in [-0.3, -0.25) is 0 Å². The maximum atomic E-state index is 9.23. The van der Waals surface area contributed by atoms with E-state index in [1.54, 1.807) is 11.3 Å². The largest absolute Gasteiger partial charge is 0.392 e. The highest BCUT2D eigenvalue weighted by Crippen LogP contribution is 2.34. The van der Waals surface area contributed by atoms with Crippen LogP contribution in [0.1, 0.15) is 11.3 Å². The standard InChI is InChI=1S/C14H13NOS/c1-9-10(7-16)6-13(15-9)12-8-17-14-5-3-2-4-11(12)14/h2-6,8,15-16H,7H2,1H3. The molecular formula is C14H13NOS. The van der Waals surface area contributed by atoms with Gasteiger partial charge in [-0.15, -0.1) is 11.3 Å². The van der Waals surface area contributed by atoms with Crippen molar-refractivity contribution >= 4 is 21.4 Å². The van der Waals surface area contributed by atoms with E-state index in [0.717, 1.165) is 17.0 Å². The van der Waals surface area contributed by atoms with Crippen LogP contribution in [0.4, 0.5) is 0 Å². The predicted octanol–water partition coefficient (Wildman–Crippen LogP) is 3.70. The number of rotatable bonds is 2. The number of nitrogens with one attached hydrogen (secondary N) is 1. The first-order chi connectivity index (χ1) is 8.29. The monoisotopic (exact) mass is 243 g/mol. The molecule has 2 N–H and O–H groups in total. The molecule has 0 saturated heterocycles. The molecule has 17 heavy (non-hydrogen) atoms. The number of aromatic nitrogens is 1. The fourth-order valence-corrected chi connectivity index (χ4v) is 3.06. The van der Waals surface area contributed by atoms with Gasteiger partial charge in [0.2, 0.25) is 0 Å². The summed E-state index contributed by atoms with van der Waals surface area (Å²) in [4.78, 5) is 3.34. The van der Waals surface area contributed by atoms with Crippen molar-refractivity contribution in [2.24, 2.45) is 0 Å². The minimum atomic E-state index is 0.0877. The van der Waals surface area contributed by atoms with Crippen LogP contribution < -0.4 is 0 Å². The van der Waals surface area contributed by atoms with Gasteiger partial charge in [0.1, 0.15) is 0 Å². The fraction of sp³-hybridized carbons (Fsp3) is 0.143. The van der Waals surface area contributed by atoms with E-state index in [9.17, 15) is 5.11 Å². The Balaban J connectivity index is 2.20. The smallest absolute Gasteiger partial charge is 0.0699 e. The molecule has 0 amide bonds. The van der Waals surface area contributed by atoms with Crippen LogP contribution in [0, 0.1) is 6.92 Å². The Kier molecular flexibility index (Phi) is 2.50. The van der Waals surface area contributed by atoms with Gasteiger partial charge in [-0.1, -0.05) is 18.2 Å². The molecule has 0 spiro atoms. The first-order valence-corrected chi connectivity index (χ1v) is 6.43. The Morgan fingerprint density at radius 1 is 1.29 bits per heavy atom. The van der Waals surface area contributed by atoms with Crippen LogP contribution in [-0.4, -0.2) is 10.1 Å². The molecule has 2 aromatic heterocycles. The second kappa shape index (κ2) is 4.02. The van der Waals surface area contributed by atoms with Crippen molar-refractivity contribution in [3.05, 3.63) is 47.0 Å². The van der Waals surface area contributed by atoms with Crippen LogP contribution in [0.25, 0.3) is 21.3 Å². The van der Waals surface area contributed by atoms with Gasteiger partial charge in [0.25, 0.3) is 0 Å². The molecule has 86 valence electrons. The van der Waals surface area contributed by atoms with Crippen LogP contribution in [-0.2, 0) is 6.61 Å². The molecule has 0 aliphatic heterocycles. The van der Waals surface area contributed by atoms with Crippen molar-refractivity contribution in [3.8, 4) is 11.3 Å². The lowest BCUT2D eigenvalue weighted by atomic mass is 10.1. The zero-order chi connectivity index (χ0) is 11.8. The lowest BCUT2D eigenvalue weighted by molar-refractivity contribution is 0.281. The molecule has 0 aliphatic rings. The Morgan fingerprint density at radius 3 is 2.88 bits per heavy atom. The second-order valence-electron chi connectivity index (χ2n) is 4.14. The van der Waals surface area contributed by atoms with Crippen LogP contribution in [0.5, 0.6) is 0 Å². The summed E-state index contributed by atoms with van der Waals surface area (Å²) in [7, 11) is 0. The molecule has 3 rings (SSSR count). The number of aryl methyl sites for hydroxylation is 1. The van der Waals surface area contributed by atoms with Crippen LogP contribution in [0.2, 0.25) is 0 Å². The molecule has 1 aromatic carbocycles. The SMILES string of the molecule is Cc1[nH]c(-c2csc3ccccc23)cc1CO. The zero-order valence-corrected chi connectivity index (χ0v) is 10.3. The molecule has 2 nitrogen and oxygen atoms in total. The van der Waals surface area contributed by atoms with Gasteiger partial charge in [0.05, 0.1) is 6.61 Å². The Bertz CT molecular complexity index is 666. The third-order valence-electron chi connectivity index (χ3n) is 3.06. The van der Waals surface area contributed by atoms with Gasteiger partial charge in [0.15, 0.2) is 0 Å². The maximum Gasteiger partial charge on any atom is 0.0699 e. The van der Waals surface area contributed by atoms with Crippen LogP contribution in [0.15, 0.2) is 35.7 Å². The first kappa shape index (κ1) is 10.6. The van der Waals surface area contributed by atoms with E-state index in [1.807, 2.05) is 13.0 Å². The summed E-state index contributed by atoms with van der Waals surface area (Å²) < 4.78 is 1.29. The highest BCUT2D eigenvalue weighted by atomic mass is 32.1. The molecule has 2 heterocycles. The maximum absolute atomic E-state index is 9.23. The summed E-state index contributed by atoms with van der Waals surface area (Å²) in [6.45, 7) is 2.08. The van der Waals surface area contributed by atoms with E-state index in [2.05, 4.69) is 34.6 Å². The van der Waals surface area contributed by atoms with Crippen LogP contribution in [0.3, 0.4) is 0 Å². The van der Waals surface area contributed by atoms with Crippen molar-refractivity contribution < 1.29 is 5.11 Å². The highest BCUT2D eigenvalue weighted by molar-refractivity contribution is 7.17. The minimum Gasteiger partial charge on any atom is -0.392 e. The summed E-state index contributed by atoms with van der Waals surface area (Å²) in [6, 6.07) is 10.4. The van der Waals surface area contributed by atoms with E-state index >= 15 is 0 Å². The van der Waals surface area contributed by atoms with E-state index in [4.69, 9.17) is 0 Å². The normalized spacial score (nSPS) is 11.2. The number of aliphatic hydroxyl groups is 1. The average Bonchev–Trinajstić information content (AvgIpc) is 2.92. The molecule has 0 atom stereocenters. The summed E-state index contributed by atoms with van der Waals surface area (Å²) >= 11 is 1.75. The zero-order valence-electron chi connectivity index (χ0n) is 9.53. The van der Waals surface area contributed by atoms with Crippen molar-refractivity contribution in [1.29, 1.82) is 0 Å². The summed E-state index contributed by atoms with van der Waals surface area (Å²) in [5.74, 6) is 0. The quantitative estimate of drug-likeness (QED) is 0.707. The first-order valence-electron chi connectivity index (χ1n) is 5.55. The Hall–Kier alpha value is -1.58. The predicted molar refractivity (Wildman–Crippen MR) is 72.3 cm³/mol. The summed E-state index contributed by atoms with van der Waals surface area (Å²) in [5, 5.41) is 12.7. The third-order valence-corrected chi connectivity index (χ3v) is 4.03. The van der Waals surface area contributed by atoms with Crippen molar-refractivity contribution in [2.75, 3.05) is 0 Å². The minimum absolute atomic E-state index is 0.0877. The van der Waals surface area contributed by atoms with E-state index in [1.165, 1.54) is 15.6 Å². The number of hydrogen-bond donors (Lipinski definition) is 2. The van der Waals surface area contributed by atoms with E-state index < -0.39 is 0 Å². The van der Waals surface area contributed by atoms with Crippen molar-refractivity contribution in [2.45, 2.75) is 13.5 Å². The Labute approximate surface area is 104 Å². The topological polar surface area (TPSA) is 36.0 Å². The molecule has 0 fully saturated rings. The highest BCUT2D eigenvalue weighted by Gasteiger charge is 2.09. The number of aromatic amines is 1. The van der Waals surface area contributed by atoms with Gasteiger partial charge in [0, 0.05) is 32.4 Å². The average molecular weight is 243 g/mol. The van der Waals surface area contributed by atoms with Crippen molar-refractivity contribution in [1.82, 2.24) is 4.98 Å². The number of benzene rings is 1. The molecule has 0 bridgehead atoms. The molecule has 0 radical (unpaired) electrons. The lowest BCUT2D eigenvalue weighted by Gasteiger charge is -1.95. The van der Waals surface area contributed by atoms with E-state index in [-0.39, 0.29) is 6.61 Å². The lowest BCUT2D eigenvalue weighted by Crippen LogP contribution is -1.81. The number of aliphatic hydroxyl groups excluding tert-OH is 1. The second-order valence-corrected chi connectivity index (χ2v) is 5.05. The number of fused-ring (bicyclic) bond motifs is 1. The molecule has 3 heteroatoms. The number of hydrogen-bond acceptors (Lipinski definition) is 2. The third kappa shape index (κ3) is 1.68. The van der Waals surface area contributed by atoms with Crippen molar-refractivity contribution in [3.63, 3.8) is 0 Å². The van der Waals surface area contributed by atoms with Gasteiger partial charge in [-0.25, -0.2) is 0 Å². The molecule has 0 unspecified atom stereocenters. The van der Waals surface area contributed by atoms with Gasteiger partial charge < -0.3 is 10.1 Å². The summed E-state index contributed by atoms with van der Waals surface area (Å²) in [5.41, 5.74) is 4.31. The number of thiophene rings is 1. The molecule has 0 saturated carbocycles. The Morgan fingerprint density at radius 2 is 2.12 bits per heavy atom. The molecular weight excluding hydrogens is 230 g/mol. The van der Waals surface area contributed by atoms with Gasteiger partial charge >= 0.3 is 0 Å². The molecule has 0 aliphatic carbocycles. The van der Waals surface area contributed by atoms with E-state index in [0.29, 0.717) is 0 Å². The summed E-state index contributed by atoms with van der Waals surface area (Å²) in [6.07, 6.45) is 0. The van der Waals surface area contributed by atoms with Crippen LogP contribution >= 0.6 is 11.3 Å². The van der Waals surface area contributed by atoms with Gasteiger partial charge in [-0.05, 0) is 24.6 Å². The van der Waals surface area contributed by atoms with Gasteiger partial charge in [-0.2, -0.15) is 0 Å².